The Labute approximate surface area is 209 Å². The summed E-state index contributed by atoms with van der Waals surface area (Å²) in [6.45, 7) is 5.01. The number of ether oxygens (including phenoxy) is 2. The van der Waals surface area contributed by atoms with Gasteiger partial charge in [-0.25, -0.2) is 0 Å². The predicted octanol–water partition coefficient (Wildman–Crippen LogP) is 6.99. The Balaban J connectivity index is 1.85. The van der Waals surface area contributed by atoms with Crippen molar-refractivity contribution in [3.8, 4) is 5.75 Å². The molecule has 1 aliphatic heterocycles. The molecule has 182 valence electrons. The maximum atomic E-state index is 5.56. The van der Waals surface area contributed by atoms with Crippen molar-refractivity contribution in [2.75, 3.05) is 20.8 Å². The molecular weight excluding hydrogens is 432 g/mol. The number of aliphatic imine (C=N–C) groups is 1. The van der Waals surface area contributed by atoms with Gasteiger partial charge >= 0.3 is 0 Å². The lowest BCUT2D eigenvalue weighted by molar-refractivity contribution is 0.164. The van der Waals surface area contributed by atoms with Crippen molar-refractivity contribution in [3.63, 3.8) is 0 Å². The third-order valence-electron chi connectivity index (χ3n) is 6.63. The maximum absolute atomic E-state index is 5.56. The minimum atomic E-state index is 0.0615. The molecule has 35 heavy (non-hydrogen) atoms. The normalized spacial score (nSPS) is 17.3. The molecule has 0 amide bonds. The lowest BCUT2D eigenvalue weighted by Gasteiger charge is -2.37. The number of rotatable bonds is 8. The molecule has 3 aromatic rings. The van der Waals surface area contributed by atoms with E-state index < -0.39 is 0 Å². The summed E-state index contributed by atoms with van der Waals surface area (Å²) in [6.07, 6.45) is 4.31. The highest BCUT2D eigenvalue weighted by Crippen LogP contribution is 2.38. The molecular formula is C31H36N2O2. The van der Waals surface area contributed by atoms with E-state index >= 15 is 0 Å². The van der Waals surface area contributed by atoms with Gasteiger partial charge in [0.1, 0.15) is 11.6 Å². The van der Waals surface area contributed by atoms with E-state index in [9.17, 15) is 0 Å². The van der Waals surface area contributed by atoms with E-state index in [1.807, 2.05) is 12.1 Å². The predicted molar refractivity (Wildman–Crippen MR) is 145 cm³/mol. The molecule has 4 heteroatoms. The first-order valence-corrected chi connectivity index (χ1v) is 12.4. The van der Waals surface area contributed by atoms with Crippen molar-refractivity contribution >= 4 is 11.4 Å². The largest absolute Gasteiger partial charge is 0.497 e. The van der Waals surface area contributed by atoms with Crippen molar-refractivity contribution in [2.24, 2.45) is 10.9 Å². The van der Waals surface area contributed by atoms with Crippen LogP contribution in [0.3, 0.4) is 0 Å². The molecule has 0 bridgehead atoms. The number of methoxy groups -OCH3 is 2. The van der Waals surface area contributed by atoms with E-state index in [1.165, 1.54) is 16.7 Å². The van der Waals surface area contributed by atoms with E-state index in [0.29, 0.717) is 12.5 Å². The topological polar surface area (TPSA) is 34.1 Å². The highest BCUT2D eigenvalue weighted by molar-refractivity contribution is 6.00. The van der Waals surface area contributed by atoms with E-state index in [4.69, 9.17) is 14.5 Å². The van der Waals surface area contributed by atoms with Gasteiger partial charge in [0.15, 0.2) is 0 Å². The lowest BCUT2D eigenvalue weighted by Crippen LogP contribution is -2.36. The monoisotopic (exact) mass is 468 g/mol. The van der Waals surface area contributed by atoms with Gasteiger partial charge in [-0.2, -0.15) is 0 Å². The fraction of sp³-hybridized carbons (Fsp3) is 0.323. The Morgan fingerprint density at radius 2 is 1.57 bits per heavy atom. The molecule has 0 radical (unpaired) electrons. The summed E-state index contributed by atoms with van der Waals surface area (Å²) in [5, 5.41) is 0. The summed E-state index contributed by atoms with van der Waals surface area (Å²) in [6, 6.07) is 29.9. The molecule has 0 saturated heterocycles. The van der Waals surface area contributed by atoms with Crippen LogP contribution in [0.2, 0.25) is 0 Å². The number of hydrogen-bond acceptors (Lipinski definition) is 3. The van der Waals surface area contributed by atoms with Gasteiger partial charge in [0.05, 0.1) is 25.8 Å². The number of benzene rings is 3. The molecule has 0 aromatic heterocycles. The van der Waals surface area contributed by atoms with Crippen LogP contribution in [0.1, 0.15) is 49.4 Å². The van der Waals surface area contributed by atoms with Gasteiger partial charge in [0.2, 0.25) is 0 Å². The number of hydrogen-bond donors (Lipinski definition) is 0. The van der Waals surface area contributed by atoms with E-state index in [-0.39, 0.29) is 12.1 Å². The number of allylic oxidation sites excluding steroid dienone is 1. The first kappa shape index (κ1) is 24.7. The molecule has 3 aromatic carbocycles. The van der Waals surface area contributed by atoms with Gasteiger partial charge in [-0.3, -0.25) is 4.99 Å². The highest BCUT2D eigenvalue weighted by Gasteiger charge is 2.29. The zero-order valence-corrected chi connectivity index (χ0v) is 21.2. The van der Waals surface area contributed by atoms with Crippen LogP contribution in [0, 0.1) is 5.92 Å². The fourth-order valence-corrected chi connectivity index (χ4v) is 4.57. The number of amidine groups is 1. The summed E-state index contributed by atoms with van der Waals surface area (Å²) < 4.78 is 10.9. The lowest BCUT2D eigenvalue weighted by atomic mass is 9.90. The van der Waals surface area contributed by atoms with Gasteiger partial charge in [-0.1, -0.05) is 86.6 Å². The van der Waals surface area contributed by atoms with Crippen LogP contribution in [0.15, 0.2) is 96.1 Å². The molecule has 0 spiro atoms. The Morgan fingerprint density at radius 3 is 2.17 bits per heavy atom. The van der Waals surface area contributed by atoms with Crippen molar-refractivity contribution in [2.45, 2.75) is 38.8 Å². The quantitative estimate of drug-likeness (QED) is 0.264. The second-order valence-corrected chi connectivity index (χ2v) is 9.34. The van der Waals surface area contributed by atoms with Crippen LogP contribution in [-0.2, 0) is 4.74 Å². The Bertz CT molecular complexity index is 1120. The van der Waals surface area contributed by atoms with Crippen molar-refractivity contribution in [3.05, 3.63) is 108 Å². The van der Waals surface area contributed by atoms with Crippen LogP contribution in [-0.4, -0.2) is 37.6 Å². The summed E-state index contributed by atoms with van der Waals surface area (Å²) in [5.41, 5.74) is 4.93. The average molecular weight is 469 g/mol. The first-order chi connectivity index (χ1) is 17.1. The third-order valence-corrected chi connectivity index (χ3v) is 6.63. The van der Waals surface area contributed by atoms with Crippen LogP contribution >= 0.6 is 0 Å². The molecule has 0 N–H and O–H groups in total. The Kier molecular flexibility index (Phi) is 8.38. The van der Waals surface area contributed by atoms with E-state index in [0.717, 1.165) is 30.0 Å². The van der Waals surface area contributed by atoms with Gasteiger partial charge in [-0.05, 0) is 47.6 Å². The molecule has 4 nitrogen and oxygen atoms in total. The van der Waals surface area contributed by atoms with Crippen molar-refractivity contribution in [1.82, 2.24) is 4.90 Å². The van der Waals surface area contributed by atoms with Gasteiger partial charge in [0.25, 0.3) is 0 Å². The molecule has 0 unspecified atom stereocenters. The molecule has 0 saturated carbocycles. The second-order valence-electron chi connectivity index (χ2n) is 9.34. The maximum Gasteiger partial charge on any atom is 0.135 e. The molecule has 1 heterocycles. The third kappa shape index (κ3) is 6.01. The molecule has 1 aliphatic rings. The first-order valence-electron chi connectivity index (χ1n) is 12.4. The SMILES string of the molecule is COC[C@H](N=C(c1ccccc1)N1C=C(c2ccc(OC)cc2)CC[C@H]1c1ccccc1)C(C)C. The Hall–Kier alpha value is -3.37. The van der Waals surface area contributed by atoms with E-state index in [1.54, 1.807) is 14.2 Å². The summed E-state index contributed by atoms with van der Waals surface area (Å²) in [7, 11) is 3.46. The van der Waals surface area contributed by atoms with Crippen molar-refractivity contribution < 1.29 is 9.47 Å². The zero-order valence-electron chi connectivity index (χ0n) is 21.2. The summed E-state index contributed by atoms with van der Waals surface area (Å²) in [4.78, 5) is 7.73. The van der Waals surface area contributed by atoms with Crippen LogP contribution in [0.5, 0.6) is 5.75 Å². The molecule has 0 fully saturated rings. The zero-order chi connectivity index (χ0) is 24.6. The van der Waals surface area contributed by atoms with Gasteiger partial charge in [-0.15, -0.1) is 0 Å². The fourth-order valence-electron chi connectivity index (χ4n) is 4.57. The molecule has 2 atom stereocenters. The van der Waals surface area contributed by atoms with Crippen LogP contribution in [0.25, 0.3) is 5.57 Å². The van der Waals surface area contributed by atoms with Crippen LogP contribution in [0.4, 0.5) is 0 Å². The molecule has 0 aliphatic carbocycles. The minimum Gasteiger partial charge on any atom is -0.497 e. The second kappa shape index (κ2) is 11.9. The summed E-state index contributed by atoms with van der Waals surface area (Å²) in [5.74, 6) is 2.22. The summed E-state index contributed by atoms with van der Waals surface area (Å²) >= 11 is 0. The molecule has 4 rings (SSSR count). The Morgan fingerprint density at radius 1 is 0.914 bits per heavy atom. The standard InChI is InChI=1S/C31H36N2O2/c1-23(2)29(22-34-3)32-31(26-13-9-6-10-14-26)33-21-27(24-15-18-28(35-4)19-16-24)17-20-30(33)25-11-7-5-8-12-25/h5-16,18-19,21,23,29-30H,17,20,22H2,1-4H3/t29-,30-/m0/s1. The van der Waals surface area contributed by atoms with E-state index in [2.05, 4.69) is 97.7 Å². The van der Waals surface area contributed by atoms with Crippen molar-refractivity contribution in [1.29, 1.82) is 0 Å². The van der Waals surface area contributed by atoms with Gasteiger partial charge in [0, 0.05) is 18.9 Å². The minimum absolute atomic E-state index is 0.0615. The average Bonchev–Trinajstić information content (AvgIpc) is 2.91. The number of nitrogens with zero attached hydrogens (tertiary/aromatic N) is 2. The smallest absolute Gasteiger partial charge is 0.135 e. The highest BCUT2D eigenvalue weighted by atomic mass is 16.5. The van der Waals surface area contributed by atoms with Gasteiger partial charge < -0.3 is 14.4 Å². The van der Waals surface area contributed by atoms with Crippen LogP contribution < -0.4 is 4.74 Å².